The summed E-state index contributed by atoms with van der Waals surface area (Å²) in [6.07, 6.45) is 31.8. The van der Waals surface area contributed by atoms with Crippen molar-refractivity contribution >= 4 is 31.7 Å². The molecule has 0 aromatic carbocycles. The highest BCUT2D eigenvalue weighted by Crippen LogP contribution is 2.49. The topological polar surface area (TPSA) is 380 Å². The number of unbranched alkanes of at least 4 members (excludes halogenated alkanes) is 53. The van der Waals surface area contributed by atoms with Crippen molar-refractivity contribution in [2.75, 3.05) is 26.4 Å². The summed E-state index contributed by atoms with van der Waals surface area (Å²) < 4.78 is 73.5. The van der Waals surface area contributed by atoms with E-state index in [0.29, 0.717) is 32.1 Å². The van der Waals surface area contributed by atoms with Crippen LogP contribution in [0.1, 0.15) is 426 Å². The van der Waals surface area contributed by atoms with Crippen LogP contribution in [-0.4, -0.2) is 205 Å². The van der Waals surface area contributed by atoms with Crippen LogP contribution in [0.15, 0.2) is 12.2 Å². The monoisotopic (exact) mass is 1720 g/mol. The molecule has 0 bridgehead atoms. The lowest BCUT2D eigenvalue weighted by Gasteiger charge is -2.50. The van der Waals surface area contributed by atoms with Crippen molar-refractivity contribution in [2.45, 2.75) is 530 Å². The van der Waals surface area contributed by atoms with E-state index < -0.39 is 162 Å². The molecule has 1 aliphatic carbocycles. The Kier molecular flexibility index (Phi) is 67.0. The van der Waals surface area contributed by atoms with E-state index in [1.54, 1.807) is 0 Å². The molecule has 26 heteroatoms. The van der Waals surface area contributed by atoms with E-state index in [9.17, 15) is 74.6 Å². The van der Waals surface area contributed by atoms with E-state index in [2.05, 4.69) is 39.8 Å². The van der Waals surface area contributed by atoms with Gasteiger partial charge in [-0.3, -0.25) is 28.2 Å². The molecule has 2 aliphatic heterocycles. The summed E-state index contributed by atoms with van der Waals surface area (Å²) >= 11 is 0. The molecule has 18 atom stereocenters. The zero-order valence-corrected chi connectivity index (χ0v) is 75.6. The minimum absolute atomic E-state index is 0.0113. The van der Waals surface area contributed by atoms with E-state index in [0.717, 1.165) is 148 Å². The summed E-state index contributed by atoms with van der Waals surface area (Å²) in [6, 6.07) is 0. The molecule has 18 unspecified atom stereocenters. The smallest absolute Gasteiger partial charge is 0.463 e. The maximum atomic E-state index is 14.9. The molecule has 700 valence electrons. The van der Waals surface area contributed by atoms with Crippen LogP contribution in [0.5, 0.6) is 0 Å². The third-order valence-corrected chi connectivity index (χ3v) is 24.8. The van der Waals surface area contributed by atoms with Gasteiger partial charge in [0, 0.05) is 25.7 Å². The molecule has 3 rings (SSSR count). The number of aliphatic hydroxyl groups excluding tert-OH is 9. The standard InChI is InChI=1S/C93H173O25P/c1-5-9-13-17-21-25-29-33-36-39-43-47-51-55-59-63-67-78(97)112-73(70-109-76(95)65-61-57-53-49-45-41-32-28-24-20-16-12-8-4)71-111-119(107,108)118-91-89(116-92-86(105)82(101)80(99)74(69-94)113-92)85(104)84(103)88(115-79(98)68-64-60-56-52-48-44-40-37-34-30-26-22-18-14-10-6-2)90(91)117-93-87(106)83(102)81(100)75(114-93)72-110-77(96)66-62-58-54-50-46-42-38-35-31-27-23-19-15-11-7-3/h27,31,73-75,80-94,99-106H,5-26,28-30,32-72H2,1-4H3,(H,107,108)/b31-27-. The second-order valence-electron chi connectivity index (χ2n) is 34.6. The SMILES string of the molecule is CCCCCC/C=C\CCCCCCCCCC(=O)OCC1OC(OC2C(OC(=O)CCCCCCCCCCCCCCCCCC)C(O)C(O)C(OC3OC(CO)C(O)C(O)C3O)C2OP(=O)(O)OCC(COC(=O)CCCCCCCCCCCCCCC)OC(=O)CCCCCCCCCCCCCCCCCC)C(O)C(O)C1O. The average molecular weight is 1720 g/mol. The van der Waals surface area contributed by atoms with Crippen LogP contribution in [0.4, 0.5) is 0 Å². The van der Waals surface area contributed by atoms with Crippen LogP contribution in [0.2, 0.25) is 0 Å². The Hall–Kier alpha value is -2.79. The molecule has 3 fully saturated rings. The van der Waals surface area contributed by atoms with Gasteiger partial charge in [0.25, 0.3) is 0 Å². The van der Waals surface area contributed by atoms with Gasteiger partial charge in [0.15, 0.2) is 24.8 Å². The fourth-order valence-electron chi connectivity index (χ4n) is 16.1. The lowest BCUT2D eigenvalue weighted by atomic mass is 9.84. The number of rotatable bonds is 79. The zero-order chi connectivity index (χ0) is 86.8. The fourth-order valence-corrected chi connectivity index (χ4v) is 17.0. The van der Waals surface area contributed by atoms with Crippen LogP contribution in [0.25, 0.3) is 0 Å². The Labute approximate surface area is 718 Å². The number of phosphoric ester groups is 1. The van der Waals surface area contributed by atoms with Gasteiger partial charge < -0.3 is 88.7 Å². The van der Waals surface area contributed by atoms with Gasteiger partial charge in [-0.25, -0.2) is 4.57 Å². The van der Waals surface area contributed by atoms with Gasteiger partial charge in [0.2, 0.25) is 0 Å². The van der Waals surface area contributed by atoms with Crippen molar-refractivity contribution in [2.24, 2.45) is 0 Å². The second-order valence-corrected chi connectivity index (χ2v) is 36.0. The van der Waals surface area contributed by atoms with E-state index in [-0.39, 0.29) is 25.7 Å². The number of hydrogen-bond donors (Lipinski definition) is 10. The quantitative estimate of drug-likeness (QED) is 0.00889. The molecule has 2 heterocycles. The Morgan fingerprint density at radius 2 is 0.630 bits per heavy atom. The van der Waals surface area contributed by atoms with Crippen molar-refractivity contribution in [3.05, 3.63) is 12.2 Å². The first kappa shape index (κ1) is 110. The molecular formula is C93H173O25P. The van der Waals surface area contributed by atoms with Gasteiger partial charge in [0.05, 0.1) is 13.2 Å². The fraction of sp³-hybridized carbons (Fsp3) is 0.935. The highest BCUT2D eigenvalue weighted by molar-refractivity contribution is 7.47. The summed E-state index contributed by atoms with van der Waals surface area (Å²) in [5, 5.41) is 102. The van der Waals surface area contributed by atoms with Gasteiger partial charge in [0.1, 0.15) is 92.6 Å². The Bertz CT molecular complexity index is 2520. The predicted molar refractivity (Wildman–Crippen MR) is 463 cm³/mol. The van der Waals surface area contributed by atoms with Crippen LogP contribution in [0.3, 0.4) is 0 Å². The van der Waals surface area contributed by atoms with Gasteiger partial charge in [-0.2, -0.15) is 0 Å². The van der Waals surface area contributed by atoms with Crippen LogP contribution < -0.4 is 0 Å². The summed E-state index contributed by atoms with van der Waals surface area (Å²) in [6.45, 7) is 5.63. The predicted octanol–water partition coefficient (Wildman–Crippen LogP) is 18.3. The average Bonchev–Trinajstić information content (AvgIpc) is 0.754. The lowest BCUT2D eigenvalue weighted by Crippen LogP contribution is -2.70. The molecule has 10 N–H and O–H groups in total. The summed E-state index contributed by atoms with van der Waals surface area (Å²) in [4.78, 5) is 66.5. The van der Waals surface area contributed by atoms with Gasteiger partial charge in [-0.1, -0.05) is 361 Å². The third-order valence-electron chi connectivity index (χ3n) is 23.8. The summed E-state index contributed by atoms with van der Waals surface area (Å²) in [5.74, 6) is -2.95. The third kappa shape index (κ3) is 52.2. The molecule has 0 amide bonds. The molecule has 0 aromatic heterocycles. The Balaban J connectivity index is 1.91. The molecule has 0 aromatic rings. The van der Waals surface area contributed by atoms with Gasteiger partial charge >= 0.3 is 31.7 Å². The summed E-state index contributed by atoms with van der Waals surface area (Å²) in [5.41, 5.74) is 0. The molecular weight excluding hydrogens is 1550 g/mol. The van der Waals surface area contributed by atoms with Crippen molar-refractivity contribution in [1.82, 2.24) is 0 Å². The van der Waals surface area contributed by atoms with E-state index in [1.165, 1.54) is 193 Å². The number of ether oxygens (including phenoxy) is 8. The van der Waals surface area contributed by atoms with Crippen LogP contribution in [-0.2, 0) is 70.7 Å². The Morgan fingerprint density at radius 3 is 1.01 bits per heavy atom. The van der Waals surface area contributed by atoms with Gasteiger partial charge in [-0.15, -0.1) is 0 Å². The van der Waals surface area contributed by atoms with Crippen LogP contribution in [0, 0.1) is 0 Å². The highest BCUT2D eigenvalue weighted by Gasteiger charge is 2.60. The Morgan fingerprint density at radius 1 is 0.328 bits per heavy atom. The van der Waals surface area contributed by atoms with E-state index >= 15 is 0 Å². The number of esters is 4. The first-order chi connectivity index (χ1) is 57.7. The molecule has 3 aliphatic rings. The van der Waals surface area contributed by atoms with Gasteiger partial charge in [-0.05, 0) is 51.4 Å². The van der Waals surface area contributed by atoms with E-state index in [1.807, 2.05) is 0 Å². The molecule has 119 heavy (non-hydrogen) atoms. The summed E-state index contributed by atoms with van der Waals surface area (Å²) in [7, 11) is -5.80. The number of hydrogen-bond acceptors (Lipinski definition) is 24. The van der Waals surface area contributed by atoms with Crippen LogP contribution >= 0.6 is 7.82 Å². The van der Waals surface area contributed by atoms with Crippen molar-refractivity contribution < 1.29 is 122 Å². The number of aliphatic hydroxyl groups is 9. The lowest BCUT2D eigenvalue weighted by molar-refractivity contribution is -0.360. The highest BCUT2D eigenvalue weighted by atomic mass is 31.2. The molecule has 0 spiro atoms. The molecule has 0 radical (unpaired) electrons. The number of allylic oxidation sites excluding steroid dienone is 2. The first-order valence-corrected chi connectivity index (χ1v) is 49.9. The van der Waals surface area contributed by atoms with Crippen molar-refractivity contribution in [3.8, 4) is 0 Å². The van der Waals surface area contributed by atoms with E-state index in [4.69, 9.17) is 46.9 Å². The zero-order valence-electron chi connectivity index (χ0n) is 74.7. The first-order valence-electron chi connectivity index (χ1n) is 48.4. The second kappa shape index (κ2) is 72.3. The minimum atomic E-state index is -5.80. The molecule has 25 nitrogen and oxygen atoms in total. The molecule has 2 saturated heterocycles. The van der Waals surface area contributed by atoms with Crippen molar-refractivity contribution in [1.29, 1.82) is 0 Å². The normalized spacial score (nSPS) is 24.8. The maximum absolute atomic E-state index is 14.9. The number of carbonyl (C=O) groups excluding carboxylic acids is 4. The number of phosphoric acid groups is 1. The largest absolute Gasteiger partial charge is 0.472 e. The minimum Gasteiger partial charge on any atom is -0.463 e. The maximum Gasteiger partial charge on any atom is 0.472 e. The number of carbonyl (C=O) groups is 4. The van der Waals surface area contributed by atoms with Crippen molar-refractivity contribution in [3.63, 3.8) is 0 Å². The molecule has 1 saturated carbocycles.